The van der Waals surface area contributed by atoms with Crippen molar-refractivity contribution in [2.24, 2.45) is 4.99 Å². The van der Waals surface area contributed by atoms with Crippen molar-refractivity contribution < 1.29 is 0 Å². The number of likely N-dealkylation sites (N-methyl/N-ethyl adjacent to an activating group) is 1. The van der Waals surface area contributed by atoms with Crippen molar-refractivity contribution in [2.45, 2.75) is 40.2 Å². The molecule has 4 nitrogen and oxygen atoms in total. The number of hydrogen-bond acceptors (Lipinski definition) is 3. The van der Waals surface area contributed by atoms with Crippen LogP contribution >= 0.6 is 11.3 Å². The van der Waals surface area contributed by atoms with E-state index >= 15 is 0 Å². The second-order valence-corrected chi connectivity index (χ2v) is 6.27. The molecule has 1 aromatic rings. The molecule has 2 N–H and O–H groups in total. The zero-order valence-corrected chi connectivity index (χ0v) is 14.7. The lowest BCUT2D eigenvalue weighted by atomic mass is 10.3. The molecule has 1 aromatic heterocycles. The minimum atomic E-state index is 0.583. The van der Waals surface area contributed by atoms with Crippen LogP contribution in [-0.4, -0.2) is 49.6 Å². The maximum Gasteiger partial charge on any atom is 0.191 e. The quantitative estimate of drug-likeness (QED) is 0.544. The number of thiophene rings is 1. The molecule has 0 spiro atoms. The Hall–Kier alpha value is -1.07. The Morgan fingerprint density at radius 3 is 2.71 bits per heavy atom. The fourth-order valence-electron chi connectivity index (χ4n) is 2.17. The average molecular weight is 311 g/mol. The smallest absolute Gasteiger partial charge is 0.191 e. The van der Waals surface area contributed by atoms with Crippen LogP contribution in [0, 0.1) is 0 Å². The SMILES string of the molecule is CCNC(=NCCN(CC)C(C)C)NCCc1cccs1. The second-order valence-electron chi connectivity index (χ2n) is 5.24. The fourth-order valence-corrected chi connectivity index (χ4v) is 2.88. The molecule has 1 heterocycles. The average Bonchev–Trinajstić information content (AvgIpc) is 2.96. The predicted molar refractivity (Wildman–Crippen MR) is 94.4 cm³/mol. The predicted octanol–water partition coefficient (Wildman–Crippen LogP) is 2.58. The van der Waals surface area contributed by atoms with Gasteiger partial charge in [-0.15, -0.1) is 11.3 Å². The van der Waals surface area contributed by atoms with E-state index in [1.165, 1.54) is 4.88 Å². The number of nitrogens with zero attached hydrogens (tertiary/aromatic N) is 2. The molecule has 0 atom stereocenters. The van der Waals surface area contributed by atoms with Crippen molar-refractivity contribution in [3.63, 3.8) is 0 Å². The lowest BCUT2D eigenvalue weighted by Gasteiger charge is -2.23. The molecule has 0 aliphatic heterocycles. The zero-order chi connectivity index (χ0) is 15.5. The van der Waals surface area contributed by atoms with Crippen LogP contribution in [0.2, 0.25) is 0 Å². The van der Waals surface area contributed by atoms with E-state index in [4.69, 9.17) is 0 Å². The summed E-state index contributed by atoms with van der Waals surface area (Å²) in [5.74, 6) is 0.925. The van der Waals surface area contributed by atoms with E-state index in [0.29, 0.717) is 6.04 Å². The van der Waals surface area contributed by atoms with Crippen molar-refractivity contribution >= 4 is 17.3 Å². The van der Waals surface area contributed by atoms with Crippen LogP contribution in [-0.2, 0) is 6.42 Å². The molecule has 0 aromatic carbocycles. The summed E-state index contributed by atoms with van der Waals surface area (Å²) in [5, 5.41) is 8.84. The molecule has 0 fully saturated rings. The van der Waals surface area contributed by atoms with Gasteiger partial charge in [0.2, 0.25) is 0 Å². The fraction of sp³-hybridized carbons (Fsp3) is 0.688. The van der Waals surface area contributed by atoms with Crippen LogP contribution in [0.15, 0.2) is 22.5 Å². The van der Waals surface area contributed by atoms with Gasteiger partial charge in [0.05, 0.1) is 6.54 Å². The van der Waals surface area contributed by atoms with Gasteiger partial charge < -0.3 is 10.6 Å². The normalized spacial score (nSPS) is 12.2. The van der Waals surface area contributed by atoms with Gasteiger partial charge >= 0.3 is 0 Å². The summed E-state index contributed by atoms with van der Waals surface area (Å²) in [6, 6.07) is 4.86. The van der Waals surface area contributed by atoms with Gasteiger partial charge in [0, 0.05) is 30.6 Å². The largest absolute Gasteiger partial charge is 0.357 e. The van der Waals surface area contributed by atoms with Crippen LogP contribution in [0.5, 0.6) is 0 Å². The molecular weight excluding hydrogens is 280 g/mol. The van der Waals surface area contributed by atoms with Gasteiger partial charge in [-0.2, -0.15) is 0 Å². The zero-order valence-electron chi connectivity index (χ0n) is 13.9. The third-order valence-electron chi connectivity index (χ3n) is 3.38. The van der Waals surface area contributed by atoms with Crippen LogP contribution in [0.1, 0.15) is 32.6 Å². The summed E-state index contributed by atoms with van der Waals surface area (Å²) < 4.78 is 0. The summed E-state index contributed by atoms with van der Waals surface area (Å²) in [4.78, 5) is 8.50. The van der Waals surface area contributed by atoms with E-state index in [1.807, 2.05) is 11.3 Å². The van der Waals surface area contributed by atoms with E-state index in [1.54, 1.807) is 0 Å². The van der Waals surface area contributed by atoms with E-state index in [0.717, 1.165) is 45.1 Å². The lowest BCUT2D eigenvalue weighted by Crippen LogP contribution is -2.39. The number of rotatable bonds is 9. The van der Waals surface area contributed by atoms with Gasteiger partial charge in [0.25, 0.3) is 0 Å². The van der Waals surface area contributed by atoms with Crippen molar-refractivity contribution in [1.82, 2.24) is 15.5 Å². The molecule has 1 rings (SSSR count). The Balaban J connectivity index is 2.34. The highest BCUT2D eigenvalue weighted by Gasteiger charge is 2.05. The molecule has 0 aliphatic carbocycles. The second kappa shape index (κ2) is 10.6. The molecule has 21 heavy (non-hydrogen) atoms. The van der Waals surface area contributed by atoms with Gasteiger partial charge in [0.15, 0.2) is 5.96 Å². The summed E-state index contributed by atoms with van der Waals surface area (Å²) in [7, 11) is 0. The Labute approximate surface area is 133 Å². The highest BCUT2D eigenvalue weighted by Crippen LogP contribution is 2.07. The summed E-state index contributed by atoms with van der Waals surface area (Å²) >= 11 is 1.81. The van der Waals surface area contributed by atoms with Crippen molar-refractivity contribution in [2.75, 3.05) is 32.7 Å². The molecule has 0 radical (unpaired) electrons. The topological polar surface area (TPSA) is 39.7 Å². The minimum absolute atomic E-state index is 0.583. The van der Waals surface area contributed by atoms with E-state index in [-0.39, 0.29) is 0 Å². The van der Waals surface area contributed by atoms with Gasteiger partial charge in [-0.3, -0.25) is 9.89 Å². The Morgan fingerprint density at radius 2 is 2.14 bits per heavy atom. The first kappa shape index (κ1) is 18.0. The third kappa shape index (κ3) is 7.48. The Kier molecular flexibility index (Phi) is 9.10. The Morgan fingerprint density at radius 1 is 1.33 bits per heavy atom. The molecule has 0 saturated heterocycles. The Bertz CT molecular complexity index is 387. The number of nitrogens with one attached hydrogen (secondary N) is 2. The standard InChI is InChI=1S/C16H30N4S/c1-5-17-16(18-10-9-15-8-7-13-21-15)19-11-12-20(6-2)14(3)4/h7-8,13-14H,5-6,9-12H2,1-4H3,(H2,17,18,19). The van der Waals surface area contributed by atoms with Crippen LogP contribution in [0.3, 0.4) is 0 Å². The maximum absolute atomic E-state index is 4.66. The molecule has 0 bridgehead atoms. The van der Waals surface area contributed by atoms with Gasteiger partial charge in [-0.25, -0.2) is 0 Å². The van der Waals surface area contributed by atoms with Crippen LogP contribution in [0.4, 0.5) is 0 Å². The van der Waals surface area contributed by atoms with Crippen molar-refractivity contribution in [3.05, 3.63) is 22.4 Å². The third-order valence-corrected chi connectivity index (χ3v) is 4.32. The van der Waals surface area contributed by atoms with E-state index in [9.17, 15) is 0 Å². The van der Waals surface area contributed by atoms with E-state index < -0.39 is 0 Å². The summed E-state index contributed by atoms with van der Waals surface area (Å²) in [6.07, 6.45) is 1.05. The first-order valence-electron chi connectivity index (χ1n) is 7.96. The number of guanidine groups is 1. The maximum atomic E-state index is 4.66. The first-order chi connectivity index (χ1) is 10.2. The highest BCUT2D eigenvalue weighted by molar-refractivity contribution is 7.09. The minimum Gasteiger partial charge on any atom is -0.357 e. The molecule has 0 saturated carbocycles. The molecule has 0 unspecified atom stereocenters. The molecule has 5 heteroatoms. The van der Waals surface area contributed by atoms with Crippen LogP contribution < -0.4 is 10.6 Å². The highest BCUT2D eigenvalue weighted by atomic mass is 32.1. The van der Waals surface area contributed by atoms with Crippen molar-refractivity contribution in [1.29, 1.82) is 0 Å². The van der Waals surface area contributed by atoms with Gasteiger partial charge in [-0.05, 0) is 45.2 Å². The lowest BCUT2D eigenvalue weighted by molar-refractivity contribution is 0.240. The van der Waals surface area contributed by atoms with E-state index in [2.05, 4.69) is 65.7 Å². The summed E-state index contributed by atoms with van der Waals surface area (Å²) in [5.41, 5.74) is 0. The molecule has 0 aliphatic rings. The molecular formula is C16H30N4S. The number of aliphatic imine (C=N–C) groups is 1. The summed E-state index contributed by atoms with van der Waals surface area (Å²) in [6.45, 7) is 13.5. The first-order valence-corrected chi connectivity index (χ1v) is 8.83. The van der Waals surface area contributed by atoms with Crippen molar-refractivity contribution in [3.8, 4) is 0 Å². The number of hydrogen-bond donors (Lipinski definition) is 2. The van der Waals surface area contributed by atoms with Gasteiger partial charge in [0.1, 0.15) is 0 Å². The van der Waals surface area contributed by atoms with Crippen LogP contribution in [0.25, 0.3) is 0 Å². The van der Waals surface area contributed by atoms with Gasteiger partial charge in [-0.1, -0.05) is 13.0 Å². The molecule has 0 amide bonds. The monoisotopic (exact) mass is 310 g/mol. The molecule has 120 valence electrons.